The number of aromatic nitrogens is 2. The minimum Gasteiger partial charge on any atom is -0.345 e. The van der Waals surface area contributed by atoms with Crippen molar-refractivity contribution in [3.8, 4) is 5.69 Å². The third-order valence-electron chi connectivity index (χ3n) is 5.47. The molecule has 2 aromatic rings. The number of hydrogen-bond donors (Lipinski definition) is 2. The van der Waals surface area contributed by atoms with Crippen LogP contribution in [0, 0.1) is 0 Å². The van der Waals surface area contributed by atoms with Crippen LogP contribution in [0.25, 0.3) is 5.69 Å². The first-order valence-electron chi connectivity index (χ1n) is 10.0. The second kappa shape index (κ2) is 8.39. The molecule has 8 nitrogen and oxygen atoms in total. The maximum absolute atomic E-state index is 12.6. The summed E-state index contributed by atoms with van der Waals surface area (Å²) in [4.78, 5) is 25.1. The van der Waals surface area contributed by atoms with Gasteiger partial charge in [-0.2, -0.15) is 5.10 Å². The molecule has 2 amide bonds. The topological polar surface area (TPSA) is 110 Å². The zero-order valence-electron chi connectivity index (χ0n) is 16.4. The fraction of sp³-hybridized carbons (Fsp3) is 0.450. The van der Waals surface area contributed by atoms with E-state index in [1.54, 1.807) is 24.3 Å². The quantitative estimate of drug-likeness (QED) is 0.551. The van der Waals surface area contributed by atoms with Crippen molar-refractivity contribution in [2.75, 3.05) is 5.32 Å². The van der Waals surface area contributed by atoms with Crippen molar-refractivity contribution in [1.29, 1.82) is 0 Å². The molecule has 1 fully saturated rings. The first-order chi connectivity index (χ1) is 14.3. The molecule has 1 aliphatic carbocycles. The molecule has 10 heteroatoms. The third kappa shape index (κ3) is 4.52. The highest BCUT2D eigenvalue weighted by Crippen LogP contribution is 2.33. The second-order valence-electron chi connectivity index (χ2n) is 7.81. The Morgan fingerprint density at radius 2 is 1.80 bits per heavy atom. The van der Waals surface area contributed by atoms with Crippen molar-refractivity contribution < 1.29 is 18.0 Å². The molecule has 0 radical (unpaired) electrons. The maximum atomic E-state index is 12.6. The van der Waals surface area contributed by atoms with Crippen LogP contribution in [0.1, 0.15) is 49.8 Å². The summed E-state index contributed by atoms with van der Waals surface area (Å²) in [7, 11) is -3.33. The van der Waals surface area contributed by atoms with Crippen LogP contribution < -0.4 is 10.6 Å². The molecule has 2 heterocycles. The van der Waals surface area contributed by atoms with Gasteiger partial charge in [-0.25, -0.2) is 13.1 Å². The predicted molar refractivity (Wildman–Crippen MR) is 113 cm³/mol. The van der Waals surface area contributed by atoms with Crippen molar-refractivity contribution in [2.24, 2.45) is 0 Å². The van der Waals surface area contributed by atoms with Crippen molar-refractivity contribution in [2.45, 2.75) is 56.1 Å². The van der Waals surface area contributed by atoms with Crippen LogP contribution in [0.3, 0.4) is 0 Å². The van der Waals surface area contributed by atoms with Gasteiger partial charge in [0.05, 0.1) is 22.9 Å². The lowest BCUT2D eigenvalue weighted by molar-refractivity contribution is -0.136. The molecule has 1 aromatic heterocycles. The van der Waals surface area contributed by atoms with Crippen molar-refractivity contribution in [1.82, 2.24) is 15.1 Å². The molecular weight excluding hydrogens is 428 g/mol. The lowest BCUT2D eigenvalue weighted by Gasteiger charge is -2.16. The number of amides is 2. The van der Waals surface area contributed by atoms with Crippen LogP contribution in [0.4, 0.5) is 5.82 Å². The highest BCUT2D eigenvalue weighted by atomic mass is 35.5. The SMILES string of the molecule is O=C(Nc1c2c(nn1-c1cccc(Cl)c1)CS(=O)(=O)C2)C(=O)NC1CCCCCC1. The molecular formula is C20H23ClN4O4S. The fourth-order valence-corrected chi connectivity index (χ4v) is 5.68. The van der Waals surface area contributed by atoms with E-state index in [0.29, 0.717) is 22.0 Å². The van der Waals surface area contributed by atoms with E-state index >= 15 is 0 Å². The lowest BCUT2D eigenvalue weighted by atomic mass is 10.1. The van der Waals surface area contributed by atoms with Gasteiger partial charge in [-0.3, -0.25) is 9.59 Å². The molecule has 0 atom stereocenters. The van der Waals surface area contributed by atoms with Crippen LogP contribution in [0.5, 0.6) is 0 Å². The molecule has 2 N–H and O–H groups in total. The van der Waals surface area contributed by atoms with Crippen molar-refractivity contribution in [3.05, 3.63) is 40.5 Å². The number of rotatable bonds is 3. The van der Waals surface area contributed by atoms with Gasteiger partial charge in [0.15, 0.2) is 9.84 Å². The molecule has 1 aliphatic heterocycles. The number of sulfone groups is 1. The Morgan fingerprint density at radius 3 is 2.50 bits per heavy atom. The average molecular weight is 451 g/mol. The van der Waals surface area contributed by atoms with Gasteiger partial charge in [-0.05, 0) is 31.0 Å². The highest BCUT2D eigenvalue weighted by Gasteiger charge is 2.34. The Hall–Kier alpha value is -2.39. The largest absolute Gasteiger partial charge is 0.345 e. The minimum absolute atomic E-state index is 0.0188. The number of hydrogen-bond acceptors (Lipinski definition) is 5. The summed E-state index contributed by atoms with van der Waals surface area (Å²) >= 11 is 6.08. The molecule has 1 aromatic carbocycles. The van der Waals surface area contributed by atoms with E-state index < -0.39 is 21.7 Å². The Kier molecular flexibility index (Phi) is 5.84. The van der Waals surface area contributed by atoms with E-state index in [9.17, 15) is 18.0 Å². The Morgan fingerprint density at radius 1 is 1.07 bits per heavy atom. The van der Waals surface area contributed by atoms with E-state index in [4.69, 9.17) is 11.6 Å². The van der Waals surface area contributed by atoms with Crippen LogP contribution in [-0.2, 0) is 30.9 Å². The summed E-state index contributed by atoms with van der Waals surface area (Å²) in [5.74, 6) is -1.81. The molecule has 0 saturated heterocycles. The van der Waals surface area contributed by atoms with Gasteiger partial charge >= 0.3 is 11.8 Å². The highest BCUT2D eigenvalue weighted by molar-refractivity contribution is 7.90. The smallest absolute Gasteiger partial charge is 0.314 e. The van der Waals surface area contributed by atoms with Crippen LogP contribution in [0.2, 0.25) is 5.02 Å². The predicted octanol–water partition coefficient (Wildman–Crippen LogP) is 2.73. The number of nitrogens with zero attached hydrogens (tertiary/aromatic N) is 2. The molecule has 2 aliphatic rings. The molecule has 1 saturated carbocycles. The monoisotopic (exact) mass is 450 g/mol. The summed E-state index contributed by atoms with van der Waals surface area (Å²) in [6.07, 6.45) is 6.04. The van der Waals surface area contributed by atoms with Crippen LogP contribution in [0.15, 0.2) is 24.3 Å². The maximum Gasteiger partial charge on any atom is 0.314 e. The Balaban J connectivity index is 1.59. The number of benzene rings is 1. The molecule has 0 bridgehead atoms. The van der Waals surface area contributed by atoms with E-state index in [2.05, 4.69) is 15.7 Å². The molecule has 4 rings (SSSR count). The zero-order valence-corrected chi connectivity index (χ0v) is 17.9. The zero-order chi connectivity index (χ0) is 21.3. The van der Waals surface area contributed by atoms with Gasteiger partial charge in [0.1, 0.15) is 5.82 Å². The molecule has 0 spiro atoms. The number of carbonyl (C=O) groups is 2. The standard InChI is InChI=1S/C20H23ClN4O4S/c21-13-6-5-9-15(10-13)25-18(16-11-30(28,29)12-17(16)24-25)23-20(27)19(26)22-14-7-3-1-2-4-8-14/h5-6,9-10,14H,1-4,7-8,11-12H2,(H,22,26)(H,23,27). The molecule has 0 unspecified atom stereocenters. The first kappa shape index (κ1) is 20.9. The Labute approximate surface area is 179 Å². The first-order valence-corrected chi connectivity index (χ1v) is 12.2. The van der Waals surface area contributed by atoms with Gasteiger partial charge < -0.3 is 10.6 Å². The van der Waals surface area contributed by atoms with Gasteiger partial charge in [-0.15, -0.1) is 0 Å². The van der Waals surface area contributed by atoms with Gasteiger partial charge in [0.2, 0.25) is 0 Å². The van der Waals surface area contributed by atoms with Crippen LogP contribution >= 0.6 is 11.6 Å². The number of carbonyl (C=O) groups excluding carboxylic acids is 2. The van der Waals surface area contributed by atoms with Gasteiger partial charge in [-0.1, -0.05) is 43.4 Å². The van der Waals surface area contributed by atoms with E-state index in [1.807, 2.05) is 0 Å². The summed E-state index contributed by atoms with van der Waals surface area (Å²) in [6, 6.07) is 6.80. The van der Waals surface area contributed by atoms with Crippen LogP contribution in [-0.4, -0.2) is 36.1 Å². The van der Waals surface area contributed by atoms with Gasteiger partial charge in [0, 0.05) is 16.6 Å². The third-order valence-corrected chi connectivity index (χ3v) is 7.15. The minimum atomic E-state index is -3.33. The Bertz CT molecular complexity index is 1090. The van der Waals surface area contributed by atoms with E-state index in [0.717, 1.165) is 38.5 Å². The summed E-state index contributed by atoms with van der Waals surface area (Å²) in [6.45, 7) is 0. The summed E-state index contributed by atoms with van der Waals surface area (Å²) < 4.78 is 25.5. The summed E-state index contributed by atoms with van der Waals surface area (Å²) in [5.41, 5.74) is 1.34. The number of halogens is 1. The number of nitrogens with one attached hydrogen (secondary N) is 2. The van der Waals surface area contributed by atoms with Crippen molar-refractivity contribution >= 4 is 39.1 Å². The molecule has 30 heavy (non-hydrogen) atoms. The average Bonchev–Trinajstić information content (AvgIpc) is 3.02. The van der Waals surface area contributed by atoms with E-state index in [-0.39, 0.29) is 23.4 Å². The number of anilines is 1. The second-order valence-corrected chi connectivity index (χ2v) is 10.3. The summed E-state index contributed by atoms with van der Waals surface area (Å²) in [5, 5.41) is 10.2. The number of fused-ring (bicyclic) bond motifs is 1. The normalized spacial score (nSPS) is 18.4. The van der Waals surface area contributed by atoms with E-state index in [1.165, 1.54) is 4.68 Å². The fourth-order valence-electron chi connectivity index (χ4n) is 4.00. The lowest BCUT2D eigenvalue weighted by Crippen LogP contribution is -2.42. The molecule has 160 valence electrons. The van der Waals surface area contributed by atoms with Crippen molar-refractivity contribution in [3.63, 3.8) is 0 Å². The van der Waals surface area contributed by atoms with Gasteiger partial charge in [0.25, 0.3) is 0 Å².